The summed E-state index contributed by atoms with van der Waals surface area (Å²) in [6, 6.07) is 30.9. The maximum absolute atomic E-state index is 14.5. The van der Waals surface area contributed by atoms with Gasteiger partial charge in [-0.2, -0.15) is 0 Å². The fourth-order valence-electron chi connectivity index (χ4n) is 8.48. The van der Waals surface area contributed by atoms with Crippen molar-refractivity contribution in [2.75, 3.05) is 20.4 Å². The molecule has 7 atom stereocenters. The van der Waals surface area contributed by atoms with Gasteiger partial charge < -0.3 is 51.9 Å². The third-order valence-electron chi connectivity index (χ3n) is 12.1. The SMILES string of the molecule is CC.CNC(=O)[C@H](Cc1ccccc1)NC(=O)[C@H](O)[C@H]1OCOC(C)(C)C[C@@H](C)[C@@H]1NC(=O)C(Cc1ccc(-c2ccccc2)cc1)NC(=O)[C@H](CCCCN)NC(C)=O.Cc1c[nH]c2ccccc12. The van der Waals surface area contributed by atoms with Crippen molar-refractivity contribution in [3.05, 3.63) is 132 Å². The summed E-state index contributed by atoms with van der Waals surface area (Å²) in [5, 5.41) is 26.8. The quantitative estimate of drug-likeness (QED) is 0.0481. The molecule has 1 saturated heterocycles. The number of carbonyl (C=O) groups is 5. The van der Waals surface area contributed by atoms with Crippen LogP contribution in [0.2, 0.25) is 0 Å². The normalized spacial score (nSPS) is 18.0. The molecule has 0 aliphatic carbocycles. The molecule has 9 N–H and O–H groups in total. The molecule has 6 rings (SSSR count). The van der Waals surface area contributed by atoms with Crippen LogP contribution in [0.25, 0.3) is 22.0 Å². The molecule has 0 spiro atoms. The minimum atomic E-state index is -1.84. The molecule has 1 aliphatic heterocycles. The third kappa shape index (κ3) is 17.2. The summed E-state index contributed by atoms with van der Waals surface area (Å²) >= 11 is 0. The number of fused-ring (bicyclic) bond motifs is 1. The molecule has 1 fully saturated rings. The van der Waals surface area contributed by atoms with Crippen LogP contribution in [-0.4, -0.2) is 102 Å². The van der Waals surface area contributed by atoms with E-state index in [9.17, 15) is 29.1 Å². The van der Waals surface area contributed by atoms with Crippen molar-refractivity contribution in [2.45, 2.75) is 129 Å². The molecule has 378 valence electrons. The minimum Gasteiger partial charge on any atom is -0.380 e. The molecule has 1 aromatic heterocycles. The molecular formula is C55H75N7O8. The fraction of sp³-hybridized carbons (Fsp3) is 0.436. The summed E-state index contributed by atoms with van der Waals surface area (Å²) in [7, 11) is 1.46. The summed E-state index contributed by atoms with van der Waals surface area (Å²) in [5.74, 6) is -3.28. The van der Waals surface area contributed by atoms with Crippen molar-refractivity contribution < 1.29 is 38.6 Å². The standard InChI is InChI=1S/C44H60N6O8.C9H9N.C2H6/c1-28-26-44(3,4)58-27-57-39(38(52)43(56)49-35(40(53)46-5)24-30-14-8-6-9-15-30)37(28)50-42(55)36(48-41(54)34(47-29(2)51)18-12-13-23-45)25-31-19-21-33(22-20-31)32-16-10-7-11-17-32;1-7-6-10-9-5-3-2-4-8(7)9;1-2/h6-11,14-17,19-22,28,34-39,52H,12-13,18,23-27,45H2,1-5H3,(H,46,53)(H,47,51)(H,48,54)(H,49,56)(H,50,55);2-6,10H,1H3;1-2H3/t28-,34+,35+,36?,37+,38-,39+;;/m1../s1. The van der Waals surface area contributed by atoms with Gasteiger partial charge >= 0.3 is 0 Å². The minimum absolute atomic E-state index is 0.0831. The number of benzene rings is 4. The van der Waals surface area contributed by atoms with Gasteiger partial charge in [-0.05, 0) is 92.8 Å². The number of aromatic amines is 1. The Kier molecular flexibility index (Phi) is 22.7. The van der Waals surface area contributed by atoms with E-state index < -0.39 is 77.4 Å². The van der Waals surface area contributed by atoms with Crippen LogP contribution in [0.15, 0.2) is 115 Å². The van der Waals surface area contributed by atoms with Gasteiger partial charge in [0.25, 0.3) is 5.91 Å². The number of likely N-dealkylation sites (N-methyl/N-ethyl adjacent to an activating group) is 1. The highest BCUT2D eigenvalue weighted by Gasteiger charge is 2.43. The first-order valence-electron chi connectivity index (χ1n) is 24.3. The third-order valence-corrected chi connectivity index (χ3v) is 12.1. The lowest BCUT2D eigenvalue weighted by atomic mass is 9.84. The van der Waals surface area contributed by atoms with Crippen molar-refractivity contribution in [1.82, 2.24) is 31.6 Å². The maximum Gasteiger partial charge on any atom is 0.252 e. The smallest absolute Gasteiger partial charge is 0.252 e. The number of hydrogen-bond acceptors (Lipinski definition) is 9. The van der Waals surface area contributed by atoms with Crippen LogP contribution in [0.3, 0.4) is 0 Å². The molecule has 4 aromatic carbocycles. The second-order valence-electron chi connectivity index (χ2n) is 18.1. The van der Waals surface area contributed by atoms with Gasteiger partial charge in [-0.3, -0.25) is 24.0 Å². The summed E-state index contributed by atoms with van der Waals surface area (Å²) in [5.41, 5.74) is 11.1. The average molecular weight is 962 g/mol. The van der Waals surface area contributed by atoms with E-state index in [0.717, 1.165) is 22.3 Å². The molecule has 15 nitrogen and oxygen atoms in total. The number of hydrogen-bond donors (Lipinski definition) is 8. The van der Waals surface area contributed by atoms with Crippen LogP contribution < -0.4 is 32.3 Å². The lowest BCUT2D eigenvalue weighted by molar-refractivity contribution is -0.202. The van der Waals surface area contributed by atoms with Crippen LogP contribution in [-0.2, 0) is 46.3 Å². The van der Waals surface area contributed by atoms with E-state index in [1.807, 2.05) is 132 Å². The number of ether oxygens (including phenoxy) is 2. The number of unbranched alkanes of at least 4 members (excludes halogenated alkanes) is 1. The Bertz CT molecular complexity index is 2390. The van der Waals surface area contributed by atoms with Gasteiger partial charge in [0.05, 0.1) is 11.6 Å². The zero-order valence-electron chi connectivity index (χ0n) is 42.1. The number of nitrogens with two attached hydrogens (primary N) is 1. The zero-order valence-corrected chi connectivity index (χ0v) is 42.1. The number of aliphatic hydroxyl groups excluding tert-OH is 1. The van der Waals surface area contributed by atoms with E-state index in [0.29, 0.717) is 32.2 Å². The number of H-pyrrole nitrogens is 1. The first-order valence-corrected chi connectivity index (χ1v) is 24.3. The lowest BCUT2D eigenvalue weighted by Crippen LogP contribution is -2.63. The number of amides is 5. The molecular weight excluding hydrogens is 887 g/mol. The van der Waals surface area contributed by atoms with E-state index in [2.05, 4.69) is 56.7 Å². The second-order valence-corrected chi connectivity index (χ2v) is 18.1. The van der Waals surface area contributed by atoms with E-state index in [4.69, 9.17) is 15.2 Å². The Hall–Kier alpha value is -6.39. The Balaban J connectivity index is 0.000000771. The van der Waals surface area contributed by atoms with E-state index >= 15 is 0 Å². The molecule has 0 saturated carbocycles. The van der Waals surface area contributed by atoms with Crippen LogP contribution in [0.1, 0.15) is 83.9 Å². The van der Waals surface area contributed by atoms with E-state index in [-0.39, 0.29) is 19.6 Å². The number of aromatic nitrogens is 1. The van der Waals surface area contributed by atoms with Crippen molar-refractivity contribution in [1.29, 1.82) is 0 Å². The van der Waals surface area contributed by atoms with Gasteiger partial charge in [-0.1, -0.05) is 124 Å². The first-order chi connectivity index (χ1) is 33.6. The van der Waals surface area contributed by atoms with Crippen molar-refractivity contribution in [2.24, 2.45) is 11.7 Å². The molecule has 2 heterocycles. The molecule has 1 aliphatic rings. The Labute approximate surface area is 413 Å². The number of aliphatic hydroxyl groups is 1. The van der Waals surface area contributed by atoms with E-state index in [1.165, 1.54) is 30.4 Å². The van der Waals surface area contributed by atoms with Gasteiger partial charge in [0.15, 0.2) is 6.10 Å². The predicted molar refractivity (Wildman–Crippen MR) is 275 cm³/mol. The molecule has 15 heteroatoms. The van der Waals surface area contributed by atoms with Gasteiger partial charge in [0.1, 0.15) is 31.0 Å². The number of nitrogens with one attached hydrogen (secondary N) is 6. The van der Waals surface area contributed by atoms with Gasteiger partial charge in [-0.25, -0.2) is 0 Å². The topological polar surface area (TPSA) is 226 Å². The highest BCUT2D eigenvalue weighted by atomic mass is 16.7. The summed E-state index contributed by atoms with van der Waals surface area (Å²) < 4.78 is 12.0. The van der Waals surface area contributed by atoms with Gasteiger partial charge in [-0.15, -0.1) is 0 Å². The van der Waals surface area contributed by atoms with Crippen LogP contribution >= 0.6 is 0 Å². The molecule has 0 bridgehead atoms. The highest BCUT2D eigenvalue weighted by Crippen LogP contribution is 2.29. The molecule has 70 heavy (non-hydrogen) atoms. The molecule has 1 unspecified atom stereocenters. The summed E-state index contributed by atoms with van der Waals surface area (Å²) in [6.07, 6.45) is 1.07. The number of para-hydroxylation sites is 1. The van der Waals surface area contributed by atoms with Gasteiger partial charge in [0, 0.05) is 43.9 Å². The van der Waals surface area contributed by atoms with E-state index in [1.54, 1.807) is 0 Å². The Morgan fingerprint density at radius 1 is 0.743 bits per heavy atom. The van der Waals surface area contributed by atoms with Crippen LogP contribution in [0.5, 0.6) is 0 Å². The fourth-order valence-corrected chi connectivity index (χ4v) is 8.48. The zero-order chi connectivity index (χ0) is 51.2. The van der Waals surface area contributed by atoms with Crippen molar-refractivity contribution in [3.63, 3.8) is 0 Å². The predicted octanol–water partition coefficient (Wildman–Crippen LogP) is 6.01. The Morgan fingerprint density at radius 3 is 1.93 bits per heavy atom. The van der Waals surface area contributed by atoms with Crippen LogP contribution in [0, 0.1) is 12.8 Å². The van der Waals surface area contributed by atoms with Crippen molar-refractivity contribution in [3.8, 4) is 11.1 Å². The molecule has 0 radical (unpaired) electrons. The van der Waals surface area contributed by atoms with Crippen LogP contribution in [0.4, 0.5) is 0 Å². The van der Waals surface area contributed by atoms with Gasteiger partial charge in [0.2, 0.25) is 23.6 Å². The van der Waals surface area contributed by atoms with Crippen molar-refractivity contribution >= 4 is 40.4 Å². The summed E-state index contributed by atoms with van der Waals surface area (Å²) in [6.45, 7) is 13.2. The number of carbonyl (C=O) groups excluding carboxylic acids is 5. The Morgan fingerprint density at radius 2 is 1.31 bits per heavy atom. The largest absolute Gasteiger partial charge is 0.380 e. The lowest BCUT2D eigenvalue weighted by Gasteiger charge is -2.41. The maximum atomic E-state index is 14.5. The highest BCUT2D eigenvalue weighted by molar-refractivity contribution is 5.92. The molecule has 5 amide bonds. The summed E-state index contributed by atoms with van der Waals surface area (Å²) in [4.78, 5) is 70.4. The first kappa shape index (κ1) is 56.2. The number of rotatable bonds is 18. The number of aryl methyl sites for hydroxylation is 1. The average Bonchev–Trinajstić information content (AvgIpc) is 3.74. The monoisotopic (exact) mass is 962 g/mol. The second kappa shape index (κ2) is 28.3. The molecule has 5 aromatic rings.